The maximum atomic E-state index is 14.0. The lowest BCUT2D eigenvalue weighted by atomic mass is 9.77. The number of methoxy groups -OCH3 is 1. The zero-order valence-electron chi connectivity index (χ0n) is 17.3. The van der Waals surface area contributed by atoms with Gasteiger partial charge in [-0.2, -0.15) is 5.26 Å². The third-order valence-electron chi connectivity index (χ3n) is 5.52. The number of allylic oxidation sites excluding steroid dienone is 3. The molecule has 164 valence electrons. The summed E-state index contributed by atoms with van der Waals surface area (Å²) in [6.45, 7) is -0.0521. The molecule has 4 rings (SSSR count). The molecule has 1 heterocycles. The predicted molar refractivity (Wildman–Crippen MR) is 115 cm³/mol. The van der Waals surface area contributed by atoms with Crippen LogP contribution >= 0.6 is 11.6 Å². The fourth-order valence-corrected chi connectivity index (χ4v) is 4.28. The molecule has 0 spiro atoms. The van der Waals surface area contributed by atoms with Crippen molar-refractivity contribution in [2.45, 2.75) is 31.8 Å². The average molecular weight is 455 g/mol. The highest BCUT2D eigenvalue weighted by Gasteiger charge is 2.38. The van der Waals surface area contributed by atoms with Gasteiger partial charge in [-0.25, -0.2) is 4.39 Å². The van der Waals surface area contributed by atoms with E-state index in [-0.39, 0.29) is 40.4 Å². The van der Waals surface area contributed by atoms with Crippen molar-refractivity contribution in [2.24, 2.45) is 5.73 Å². The van der Waals surface area contributed by atoms with Crippen molar-refractivity contribution in [3.8, 4) is 17.6 Å². The summed E-state index contributed by atoms with van der Waals surface area (Å²) in [5, 5.41) is 9.93. The monoisotopic (exact) mass is 454 g/mol. The van der Waals surface area contributed by atoms with Crippen LogP contribution in [0.1, 0.15) is 36.3 Å². The Hall–Kier alpha value is -3.50. The summed E-state index contributed by atoms with van der Waals surface area (Å²) < 4.78 is 30.8. The Kier molecular flexibility index (Phi) is 6.06. The Morgan fingerprint density at radius 3 is 2.81 bits per heavy atom. The van der Waals surface area contributed by atoms with E-state index in [1.54, 1.807) is 30.3 Å². The highest BCUT2D eigenvalue weighted by molar-refractivity contribution is 6.32. The second-order valence-corrected chi connectivity index (χ2v) is 7.86. The quantitative estimate of drug-likeness (QED) is 0.691. The number of carbonyl (C=O) groups excluding carboxylic acids is 1. The first-order valence-electron chi connectivity index (χ1n) is 10.0. The topological polar surface area (TPSA) is 94.6 Å². The average Bonchev–Trinajstić information content (AvgIpc) is 2.78. The molecule has 0 saturated heterocycles. The van der Waals surface area contributed by atoms with Gasteiger partial charge in [0, 0.05) is 24.0 Å². The molecule has 32 heavy (non-hydrogen) atoms. The molecule has 0 amide bonds. The second kappa shape index (κ2) is 8.93. The normalized spacial score (nSPS) is 18.1. The van der Waals surface area contributed by atoms with Crippen molar-refractivity contribution in [3.05, 3.63) is 81.2 Å². The molecule has 0 aromatic heterocycles. The molecule has 8 heteroatoms. The second-order valence-electron chi connectivity index (χ2n) is 7.45. The molecule has 0 unspecified atom stereocenters. The summed E-state index contributed by atoms with van der Waals surface area (Å²) in [4.78, 5) is 12.7. The Labute approximate surface area is 189 Å². The third-order valence-corrected chi connectivity index (χ3v) is 5.80. The molecule has 1 aliphatic carbocycles. The van der Waals surface area contributed by atoms with Gasteiger partial charge in [0.25, 0.3) is 0 Å². The molecule has 1 aliphatic heterocycles. The highest BCUT2D eigenvalue weighted by atomic mass is 35.5. The Balaban J connectivity index is 1.75. The fraction of sp³-hybridized carbons (Fsp3) is 0.250. The van der Waals surface area contributed by atoms with Gasteiger partial charge in [0.1, 0.15) is 29.8 Å². The van der Waals surface area contributed by atoms with Crippen molar-refractivity contribution >= 4 is 17.4 Å². The molecular weight excluding hydrogens is 435 g/mol. The van der Waals surface area contributed by atoms with Crippen LogP contribution in [0.15, 0.2) is 59.2 Å². The molecule has 0 radical (unpaired) electrons. The number of nitrogens with zero attached hydrogens (tertiary/aromatic N) is 1. The van der Waals surface area contributed by atoms with Crippen molar-refractivity contribution in [2.75, 3.05) is 7.11 Å². The highest BCUT2D eigenvalue weighted by Crippen LogP contribution is 2.47. The number of ketones is 1. The summed E-state index contributed by atoms with van der Waals surface area (Å²) >= 11 is 6.52. The maximum absolute atomic E-state index is 14.0. The Morgan fingerprint density at radius 1 is 1.31 bits per heavy atom. The molecule has 2 aromatic rings. The van der Waals surface area contributed by atoms with Gasteiger partial charge in [-0.05, 0) is 30.2 Å². The molecule has 0 fully saturated rings. The summed E-state index contributed by atoms with van der Waals surface area (Å²) in [6, 6.07) is 11.6. The molecule has 2 aromatic carbocycles. The van der Waals surface area contributed by atoms with Gasteiger partial charge in [-0.15, -0.1) is 0 Å². The van der Waals surface area contributed by atoms with Crippen molar-refractivity contribution in [1.82, 2.24) is 0 Å². The van der Waals surface area contributed by atoms with Gasteiger partial charge in [0.05, 0.1) is 18.1 Å². The molecule has 6 nitrogen and oxygen atoms in total. The van der Waals surface area contributed by atoms with Crippen LogP contribution < -0.4 is 15.2 Å². The number of hydrogen-bond donors (Lipinski definition) is 1. The van der Waals surface area contributed by atoms with Crippen LogP contribution in [-0.2, 0) is 16.1 Å². The van der Waals surface area contributed by atoms with Gasteiger partial charge in [-0.1, -0.05) is 29.8 Å². The standard InChI is InChI=1S/C24H20ClFN2O4/c1-30-20-10-14(9-16(25)23(20)31-12-13-5-2-3-6-17(13)26)21-15(11-27)24(28)32-19-8-4-7-18(29)22(19)21/h2-3,5-6,9-10,21H,4,7-8,12,28H2,1H3/t21-/m1/s1. The molecule has 0 bridgehead atoms. The maximum Gasteiger partial charge on any atom is 0.205 e. The van der Waals surface area contributed by atoms with Crippen LogP contribution in [0.25, 0.3) is 0 Å². The number of hydrogen-bond acceptors (Lipinski definition) is 6. The number of carbonyl (C=O) groups is 1. The number of Topliss-reactive ketones (excluding diaryl/α,β-unsaturated/α-hetero) is 1. The number of nitriles is 1. The number of rotatable bonds is 5. The van der Waals surface area contributed by atoms with Crippen LogP contribution in [0, 0.1) is 17.1 Å². The molecular formula is C24H20ClFN2O4. The first kappa shape index (κ1) is 21.7. The number of benzene rings is 2. The zero-order valence-corrected chi connectivity index (χ0v) is 18.0. The van der Waals surface area contributed by atoms with Gasteiger partial charge in [-0.3, -0.25) is 4.79 Å². The summed E-state index contributed by atoms with van der Waals surface area (Å²) in [6.07, 6.45) is 1.59. The van der Waals surface area contributed by atoms with Crippen LogP contribution in [0.2, 0.25) is 5.02 Å². The van der Waals surface area contributed by atoms with E-state index in [1.807, 2.05) is 0 Å². The lowest BCUT2D eigenvalue weighted by molar-refractivity contribution is -0.116. The Bertz CT molecular complexity index is 1200. The van der Waals surface area contributed by atoms with E-state index in [0.29, 0.717) is 41.7 Å². The minimum Gasteiger partial charge on any atom is -0.493 e. The molecule has 1 atom stereocenters. The molecule has 2 aliphatic rings. The lowest BCUT2D eigenvalue weighted by Crippen LogP contribution is -2.27. The largest absolute Gasteiger partial charge is 0.493 e. The number of halogens is 2. The lowest BCUT2D eigenvalue weighted by Gasteiger charge is -2.31. The number of ether oxygens (including phenoxy) is 3. The van der Waals surface area contributed by atoms with Gasteiger partial charge in [0.15, 0.2) is 17.3 Å². The van der Waals surface area contributed by atoms with E-state index in [0.717, 1.165) is 0 Å². The van der Waals surface area contributed by atoms with Crippen molar-refractivity contribution < 1.29 is 23.4 Å². The number of nitrogens with two attached hydrogens (primary N) is 1. The van der Waals surface area contributed by atoms with Crippen LogP contribution in [0.3, 0.4) is 0 Å². The van der Waals surface area contributed by atoms with Crippen LogP contribution in [0.4, 0.5) is 4.39 Å². The van der Waals surface area contributed by atoms with Crippen LogP contribution in [-0.4, -0.2) is 12.9 Å². The molecule has 0 saturated carbocycles. The summed E-state index contributed by atoms with van der Waals surface area (Å²) in [5.74, 6) is -0.228. The van der Waals surface area contributed by atoms with Gasteiger partial charge >= 0.3 is 0 Å². The zero-order chi connectivity index (χ0) is 22.8. The van der Waals surface area contributed by atoms with Gasteiger partial charge in [0.2, 0.25) is 5.88 Å². The smallest absolute Gasteiger partial charge is 0.205 e. The van der Waals surface area contributed by atoms with E-state index in [1.165, 1.54) is 13.2 Å². The minimum absolute atomic E-state index is 0.0269. The van der Waals surface area contributed by atoms with Crippen molar-refractivity contribution in [3.63, 3.8) is 0 Å². The van der Waals surface area contributed by atoms with E-state index in [9.17, 15) is 14.4 Å². The summed E-state index contributed by atoms with van der Waals surface area (Å²) in [5.41, 5.74) is 7.47. The molecule has 2 N–H and O–H groups in total. The van der Waals surface area contributed by atoms with E-state index in [4.69, 9.17) is 31.5 Å². The third kappa shape index (κ3) is 3.90. The van der Waals surface area contributed by atoms with Crippen LogP contribution in [0.5, 0.6) is 11.5 Å². The van der Waals surface area contributed by atoms with E-state index >= 15 is 0 Å². The van der Waals surface area contributed by atoms with Gasteiger partial charge < -0.3 is 19.9 Å². The van der Waals surface area contributed by atoms with E-state index in [2.05, 4.69) is 6.07 Å². The fourth-order valence-electron chi connectivity index (χ4n) is 4.00. The summed E-state index contributed by atoms with van der Waals surface area (Å²) in [7, 11) is 1.45. The first-order chi connectivity index (χ1) is 15.4. The van der Waals surface area contributed by atoms with Crippen molar-refractivity contribution in [1.29, 1.82) is 5.26 Å². The minimum atomic E-state index is -0.719. The first-order valence-corrected chi connectivity index (χ1v) is 10.4. The SMILES string of the molecule is COc1cc([C@@H]2C(C#N)=C(N)OC3=C2C(=O)CCC3)cc(Cl)c1OCc1ccccc1F. The predicted octanol–water partition coefficient (Wildman–Crippen LogP) is 4.88. The Morgan fingerprint density at radius 2 is 2.09 bits per heavy atom. The van der Waals surface area contributed by atoms with E-state index < -0.39 is 11.7 Å².